The second-order valence-electron chi connectivity index (χ2n) is 2.66. The summed E-state index contributed by atoms with van der Waals surface area (Å²) in [6, 6.07) is 5.51. The molecule has 0 fully saturated rings. The van der Waals surface area contributed by atoms with E-state index in [1.54, 1.807) is 6.07 Å². The lowest BCUT2D eigenvalue weighted by molar-refractivity contribution is 0.824. The predicted octanol–water partition coefficient (Wildman–Crippen LogP) is 2.62. The average molecular weight is 219 g/mol. The van der Waals surface area contributed by atoms with Crippen LogP contribution in [-0.4, -0.2) is 20.1 Å². The smallest absolute Gasteiger partial charge is 0.0612 e. The van der Waals surface area contributed by atoms with Gasteiger partial charge in [0.15, 0.2) is 0 Å². The van der Waals surface area contributed by atoms with Gasteiger partial charge < -0.3 is 10.6 Å². The van der Waals surface area contributed by atoms with E-state index in [4.69, 9.17) is 23.2 Å². The second-order valence-corrected chi connectivity index (χ2v) is 3.47. The van der Waals surface area contributed by atoms with Crippen LogP contribution in [0, 0.1) is 0 Å². The molecule has 1 aromatic rings. The molecule has 0 saturated heterocycles. The van der Waals surface area contributed by atoms with Gasteiger partial charge in [-0.15, -0.1) is 0 Å². The highest BCUT2D eigenvalue weighted by molar-refractivity contribution is 6.42. The fourth-order valence-corrected chi connectivity index (χ4v) is 1.24. The van der Waals surface area contributed by atoms with Gasteiger partial charge in [-0.3, -0.25) is 0 Å². The minimum Gasteiger partial charge on any atom is -0.384 e. The van der Waals surface area contributed by atoms with Gasteiger partial charge in [-0.25, -0.2) is 0 Å². The largest absolute Gasteiger partial charge is 0.384 e. The van der Waals surface area contributed by atoms with Crippen LogP contribution in [0.25, 0.3) is 0 Å². The molecule has 0 aliphatic rings. The molecule has 72 valence electrons. The summed E-state index contributed by atoms with van der Waals surface area (Å²) in [4.78, 5) is 0. The van der Waals surface area contributed by atoms with Gasteiger partial charge in [0.25, 0.3) is 0 Å². The third-order valence-electron chi connectivity index (χ3n) is 1.62. The monoisotopic (exact) mass is 218 g/mol. The standard InChI is InChI=1S/C9H12Cl2N2/c1-12-4-5-13-7-2-3-8(10)9(11)6-7/h2-3,6,12-13H,4-5H2,1H3. The summed E-state index contributed by atoms with van der Waals surface area (Å²) < 4.78 is 0. The first-order chi connectivity index (χ1) is 6.24. The molecule has 0 saturated carbocycles. The van der Waals surface area contributed by atoms with Crippen LogP contribution in [0.5, 0.6) is 0 Å². The van der Waals surface area contributed by atoms with Gasteiger partial charge in [0.2, 0.25) is 0 Å². The Hall–Kier alpha value is -0.440. The summed E-state index contributed by atoms with van der Waals surface area (Å²) in [6.45, 7) is 1.79. The van der Waals surface area contributed by atoms with Crippen molar-refractivity contribution in [3.63, 3.8) is 0 Å². The van der Waals surface area contributed by atoms with Crippen LogP contribution < -0.4 is 10.6 Å². The normalized spacial score (nSPS) is 10.1. The Morgan fingerprint density at radius 3 is 2.54 bits per heavy atom. The van der Waals surface area contributed by atoms with E-state index in [9.17, 15) is 0 Å². The predicted molar refractivity (Wildman–Crippen MR) is 58.9 cm³/mol. The van der Waals surface area contributed by atoms with E-state index in [2.05, 4.69) is 10.6 Å². The van der Waals surface area contributed by atoms with Crippen molar-refractivity contribution in [2.24, 2.45) is 0 Å². The highest BCUT2D eigenvalue weighted by Crippen LogP contribution is 2.24. The van der Waals surface area contributed by atoms with E-state index in [0.717, 1.165) is 18.8 Å². The quantitative estimate of drug-likeness (QED) is 0.760. The molecule has 2 nitrogen and oxygen atoms in total. The first kappa shape index (κ1) is 10.6. The number of likely N-dealkylation sites (N-methyl/N-ethyl adjacent to an activating group) is 1. The number of hydrogen-bond donors (Lipinski definition) is 2. The zero-order valence-corrected chi connectivity index (χ0v) is 8.91. The first-order valence-corrected chi connectivity index (χ1v) is 4.83. The molecule has 1 aromatic carbocycles. The minimum atomic E-state index is 0.580. The average Bonchev–Trinajstić information content (AvgIpc) is 2.12. The van der Waals surface area contributed by atoms with Crippen molar-refractivity contribution in [3.8, 4) is 0 Å². The number of benzene rings is 1. The van der Waals surface area contributed by atoms with E-state index in [1.165, 1.54) is 0 Å². The molecular formula is C9H12Cl2N2. The molecule has 0 aromatic heterocycles. The van der Waals surface area contributed by atoms with Crippen molar-refractivity contribution in [2.45, 2.75) is 0 Å². The molecule has 0 aliphatic heterocycles. The van der Waals surface area contributed by atoms with Gasteiger partial charge in [-0.2, -0.15) is 0 Å². The minimum absolute atomic E-state index is 0.580. The maximum Gasteiger partial charge on any atom is 0.0612 e. The number of halogens is 2. The summed E-state index contributed by atoms with van der Waals surface area (Å²) in [6.07, 6.45) is 0. The Morgan fingerprint density at radius 1 is 1.15 bits per heavy atom. The van der Waals surface area contributed by atoms with Crippen LogP contribution in [0.3, 0.4) is 0 Å². The molecule has 2 N–H and O–H groups in total. The zero-order chi connectivity index (χ0) is 9.68. The Kier molecular flexibility index (Phi) is 4.36. The summed E-state index contributed by atoms with van der Waals surface area (Å²) in [5.74, 6) is 0. The summed E-state index contributed by atoms with van der Waals surface area (Å²) in [7, 11) is 1.91. The Morgan fingerprint density at radius 2 is 1.92 bits per heavy atom. The van der Waals surface area contributed by atoms with Crippen LogP contribution in [0.4, 0.5) is 5.69 Å². The maximum atomic E-state index is 5.84. The third kappa shape index (κ3) is 3.43. The van der Waals surface area contributed by atoms with Crippen molar-refractivity contribution < 1.29 is 0 Å². The molecule has 4 heteroatoms. The van der Waals surface area contributed by atoms with Gasteiger partial charge in [-0.05, 0) is 25.2 Å². The number of anilines is 1. The van der Waals surface area contributed by atoms with E-state index in [-0.39, 0.29) is 0 Å². The maximum absolute atomic E-state index is 5.84. The Balaban J connectivity index is 2.53. The fourth-order valence-electron chi connectivity index (χ4n) is 0.938. The molecule has 0 heterocycles. The summed E-state index contributed by atoms with van der Waals surface area (Å²) in [5.41, 5.74) is 0.990. The topological polar surface area (TPSA) is 24.1 Å². The van der Waals surface area contributed by atoms with Crippen molar-refractivity contribution in [3.05, 3.63) is 28.2 Å². The SMILES string of the molecule is CNCCNc1ccc(Cl)c(Cl)c1. The van der Waals surface area contributed by atoms with Gasteiger partial charge in [0, 0.05) is 18.8 Å². The molecule has 0 amide bonds. The van der Waals surface area contributed by atoms with E-state index >= 15 is 0 Å². The van der Waals surface area contributed by atoms with Gasteiger partial charge in [0.05, 0.1) is 10.0 Å². The van der Waals surface area contributed by atoms with Crippen LogP contribution in [0.1, 0.15) is 0 Å². The van der Waals surface area contributed by atoms with Crippen LogP contribution in [-0.2, 0) is 0 Å². The molecular weight excluding hydrogens is 207 g/mol. The first-order valence-electron chi connectivity index (χ1n) is 4.07. The number of nitrogens with one attached hydrogen (secondary N) is 2. The highest BCUT2D eigenvalue weighted by atomic mass is 35.5. The van der Waals surface area contributed by atoms with Crippen LogP contribution in [0.15, 0.2) is 18.2 Å². The molecule has 0 spiro atoms. The Labute approximate surface area is 88.2 Å². The zero-order valence-electron chi connectivity index (χ0n) is 7.40. The highest BCUT2D eigenvalue weighted by Gasteiger charge is 1.97. The van der Waals surface area contributed by atoms with Gasteiger partial charge >= 0.3 is 0 Å². The fraction of sp³-hybridized carbons (Fsp3) is 0.333. The third-order valence-corrected chi connectivity index (χ3v) is 2.36. The van der Waals surface area contributed by atoms with E-state index in [1.807, 2.05) is 19.2 Å². The Bertz CT molecular complexity index is 276. The molecule has 0 aliphatic carbocycles. The lowest BCUT2D eigenvalue weighted by atomic mass is 10.3. The lowest BCUT2D eigenvalue weighted by Crippen LogP contribution is -2.17. The lowest BCUT2D eigenvalue weighted by Gasteiger charge is -2.06. The molecule has 13 heavy (non-hydrogen) atoms. The van der Waals surface area contributed by atoms with E-state index in [0.29, 0.717) is 10.0 Å². The number of hydrogen-bond acceptors (Lipinski definition) is 2. The molecule has 0 unspecified atom stereocenters. The van der Waals surface area contributed by atoms with Crippen molar-refractivity contribution in [1.82, 2.24) is 5.32 Å². The summed E-state index contributed by atoms with van der Waals surface area (Å²) in [5, 5.41) is 7.41. The van der Waals surface area contributed by atoms with Gasteiger partial charge in [0.1, 0.15) is 0 Å². The van der Waals surface area contributed by atoms with E-state index < -0.39 is 0 Å². The molecule has 0 bridgehead atoms. The van der Waals surface area contributed by atoms with Crippen molar-refractivity contribution >= 4 is 28.9 Å². The second kappa shape index (κ2) is 5.32. The van der Waals surface area contributed by atoms with Crippen LogP contribution in [0.2, 0.25) is 10.0 Å². The van der Waals surface area contributed by atoms with Crippen molar-refractivity contribution in [2.75, 3.05) is 25.5 Å². The van der Waals surface area contributed by atoms with Gasteiger partial charge in [-0.1, -0.05) is 23.2 Å². The molecule has 0 radical (unpaired) electrons. The molecule has 1 rings (SSSR count). The summed E-state index contributed by atoms with van der Waals surface area (Å²) >= 11 is 11.6. The molecule has 0 atom stereocenters. The van der Waals surface area contributed by atoms with Crippen molar-refractivity contribution in [1.29, 1.82) is 0 Å². The number of rotatable bonds is 4. The van der Waals surface area contributed by atoms with Crippen LogP contribution >= 0.6 is 23.2 Å².